The summed E-state index contributed by atoms with van der Waals surface area (Å²) in [6.07, 6.45) is 1.50. The second-order valence-electron chi connectivity index (χ2n) is 5.39. The van der Waals surface area contributed by atoms with E-state index in [1.54, 1.807) is 12.1 Å². The van der Waals surface area contributed by atoms with Gasteiger partial charge in [-0.3, -0.25) is 24.9 Å². The molecule has 1 aliphatic heterocycles. The molecule has 1 aliphatic rings. The highest BCUT2D eigenvalue weighted by Crippen LogP contribution is 2.29. The topological polar surface area (TPSA) is 165 Å². The molecule has 4 N–H and O–H groups in total. The molecule has 0 aliphatic carbocycles. The highest BCUT2D eigenvalue weighted by Gasteiger charge is 2.31. The van der Waals surface area contributed by atoms with Gasteiger partial charge in [-0.1, -0.05) is 0 Å². The third-order valence-corrected chi connectivity index (χ3v) is 3.83. The van der Waals surface area contributed by atoms with Gasteiger partial charge in [0.25, 0.3) is 11.2 Å². The van der Waals surface area contributed by atoms with E-state index in [1.165, 1.54) is 29.0 Å². The maximum atomic E-state index is 12.9. The van der Waals surface area contributed by atoms with E-state index in [-0.39, 0.29) is 28.4 Å². The molecule has 1 aromatic carbocycles. The van der Waals surface area contributed by atoms with E-state index in [2.05, 4.69) is 20.5 Å². The number of hydrogen-bond donors (Lipinski definition) is 3. The number of benzene rings is 1. The lowest BCUT2D eigenvalue weighted by Gasteiger charge is -2.05. The van der Waals surface area contributed by atoms with Gasteiger partial charge in [0.2, 0.25) is 5.96 Å². The van der Waals surface area contributed by atoms with E-state index in [0.29, 0.717) is 16.6 Å². The summed E-state index contributed by atoms with van der Waals surface area (Å²) < 4.78 is 1.31. The Labute approximate surface area is 144 Å². The molecule has 4 rings (SSSR count). The number of non-ortho nitro benzene ring substituents is 1. The van der Waals surface area contributed by atoms with Crippen molar-refractivity contribution in [1.82, 2.24) is 20.0 Å². The highest BCUT2D eigenvalue weighted by atomic mass is 16.6. The van der Waals surface area contributed by atoms with Crippen LogP contribution in [0.2, 0.25) is 0 Å². The number of rotatable bonds is 2. The van der Waals surface area contributed by atoms with Gasteiger partial charge in [0.05, 0.1) is 16.0 Å². The van der Waals surface area contributed by atoms with Crippen LogP contribution < -0.4 is 16.7 Å². The molecule has 2 aromatic heterocycles. The molecule has 128 valence electrons. The lowest BCUT2D eigenvalue weighted by atomic mass is 10.1. The van der Waals surface area contributed by atoms with Crippen LogP contribution in [-0.2, 0) is 0 Å². The molecule has 0 fully saturated rings. The number of nitrogens with zero attached hydrogens (tertiary/aromatic N) is 5. The number of nitrogens with one attached hydrogen (secondary N) is 2. The Balaban J connectivity index is 2.08. The van der Waals surface area contributed by atoms with E-state index in [9.17, 15) is 14.9 Å². The van der Waals surface area contributed by atoms with Gasteiger partial charge in [-0.15, -0.1) is 0 Å². The number of pyridine rings is 1. The minimum atomic E-state index is -0.548. The van der Waals surface area contributed by atoms with Crippen LogP contribution in [0.15, 0.2) is 46.4 Å². The van der Waals surface area contributed by atoms with Crippen LogP contribution >= 0.6 is 0 Å². The van der Waals surface area contributed by atoms with Crippen molar-refractivity contribution in [2.45, 2.75) is 0 Å². The second-order valence-corrected chi connectivity index (χ2v) is 5.39. The summed E-state index contributed by atoms with van der Waals surface area (Å²) in [5.74, 6) is -0.269. The standard InChI is InChI=1S/C15H10N8O3/c16-15(17)21-20-11-9-6-7(23(25)26)3-4-10(9)22-13(11)19-12-8(14(22)24)2-1-5-18-12/h1-6H,(H4,16,17,21)/b20-11+. The van der Waals surface area contributed by atoms with Gasteiger partial charge in [-0.2, -0.15) is 5.10 Å². The third-order valence-electron chi connectivity index (χ3n) is 3.83. The zero-order valence-electron chi connectivity index (χ0n) is 13.0. The van der Waals surface area contributed by atoms with Gasteiger partial charge >= 0.3 is 0 Å². The van der Waals surface area contributed by atoms with Crippen molar-refractivity contribution in [2.24, 2.45) is 10.8 Å². The molecule has 11 heteroatoms. The zero-order chi connectivity index (χ0) is 18.4. The predicted octanol–water partition coefficient (Wildman–Crippen LogP) is 0.238. The molecule has 0 bridgehead atoms. The monoisotopic (exact) mass is 350 g/mol. The summed E-state index contributed by atoms with van der Waals surface area (Å²) in [5.41, 5.74) is 8.12. The number of nitro groups is 1. The summed E-state index contributed by atoms with van der Waals surface area (Å²) in [5, 5.41) is 22.7. The van der Waals surface area contributed by atoms with Gasteiger partial charge in [0.1, 0.15) is 5.71 Å². The van der Waals surface area contributed by atoms with Crippen molar-refractivity contribution in [3.63, 3.8) is 0 Å². The average Bonchev–Trinajstić information content (AvgIpc) is 2.93. The predicted molar refractivity (Wildman–Crippen MR) is 92.5 cm³/mol. The summed E-state index contributed by atoms with van der Waals surface area (Å²) in [6, 6.07) is 7.26. The van der Waals surface area contributed by atoms with Crippen molar-refractivity contribution >= 4 is 28.4 Å². The van der Waals surface area contributed by atoms with E-state index in [4.69, 9.17) is 11.1 Å². The SMILES string of the molecule is N=C(N)N/N=C1\c2cc([N+](=O)[O-])ccc2-n2c1nc1ncccc1c2=O. The molecule has 0 unspecified atom stereocenters. The van der Waals surface area contributed by atoms with Crippen molar-refractivity contribution in [3.8, 4) is 5.69 Å². The van der Waals surface area contributed by atoms with Gasteiger partial charge in [-0.05, 0) is 18.2 Å². The van der Waals surface area contributed by atoms with Crippen molar-refractivity contribution < 1.29 is 4.92 Å². The quantitative estimate of drug-likeness (QED) is 0.201. The molecular weight excluding hydrogens is 340 g/mol. The zero-order valence-corrected chi connectivity index (χ0v) is 13.0. The number of hydrogen-bond acceptors (Lipinski definition) is 7. The van der Waals surface area contributed by atoms with Crippen LogP contribution in [0.4, 0.5) is 5.69 Å². The maximum Gasteiger partial charge on any atom is 0.270 e. The van der Waals surface area contributed by atoms with Crippen molar-refractivity contribution in [1.29, 1.82) is 5.41 Å². The lowest BCUT2D eigenvalue weighted by Crippen LogP contribution is -2.28. The van der Waals surface area contributed by atoms with Crippen LogP contribution in [0.3, 0.4) is 0 Å². The fourth-order valence-corrected chi connectivity index (χ4v) is 2.77. The van der Waals surface area contributed by atoms with Gasteiger partial charge in [0, 0.05) is 23.9 Å². The normalized spacial score (nSPS) is 13.5. The molecule has 0 radical (unpaired) electrons. The first-order valence-corrected chi connectivity index (χ1v) is 7.32. The number of hydrazone groups is 1. The minimum absolute atomic E-state index is 0.156. The number of nitrogens with two attached hydrogens (primary N) is 1. The lowest BCUT2D eigenvalue weighted by molar-refractivity contribution is -0.384. The molecule has 0 atom stereocenters. The van der Waals surface area contributed by atoms with Crippen LogP contribution in [-0.4, -0.2) is 31.1 Å². The number of nitro benzene ring substituents is 1. The Kier molecular flexibility index (Phi) is 3.22. The Bertz CT molecular complexity index is 1200. The average molecular weight is 350 g/mol. The highest BCUT2D eigenvalue weighted by molar-refractivity contribution is 6.17. The molecule has 3 heterocycles. The fraction of sp³-hybridized carbons (Fsp3) is 0. The van der Waals surface area contributed by atoms with Gasteiger partial charge < -0.3 is 5.73 Å². The molecule has 0 amide bonds. The van der Waals surface area contributed by atoms with Crippen molar-refractivity contribution in [3.05, 3.63) is 68.4 Å². The first-order valence-electron chi connectivity index (χ1n) is 7.32. The number of aromatic nitrogens is 3. The molecule has 3 aromatic rings. The maximum absolute atomic E-state index is 12.9. The van der Waals surface area contributed by atoms with E-state index < -0.39 is 10.9 Å². The summed E-state index contributed by atoms with van der Waals surface area (Å²) in [7, 11) is 0. The first-order chi connectivity index (χ1) is 12.5. The van der Waals surface area contributed by atoms with Crippen molar-refractivity contribution in [2.75, 3.05) is 0 Å². The summed E-state index contributed by atoms with van der Waals surface area (Å²) in [6.45, 7) is 0. The first kappa shape index (κ1) is 15.4. The Morgan fingerprint density at radius 2 is 2.19 bits per heavy atom. The smallest absolute Gasteiger partial charge is 0.270 e. The van der Waals surface area contributed by atoms with Crippen LogP contribution in [0.1, 0.15) is 11.4 Å². The molecule has 11 nitrogen and oxygen atoms in total. The molecular formula is C15H10N8O3. The molecule has 0 saturated heterocycles. The van der Waals surface area contributed by atoms with Crippen LogP contribution in [0.25, 0.3) is 16.7 Å². The summed E-state index contributed by atoms with van der Waals surface area (Å²) >= 11 is 0. The second kappa shape index (κ2) is 5.44. The molecule has 0 saturated carbocycles. The fourth-order valence-electron chi connectivity index (χ4n) is 2.77. The molecule has 0 spiro atoms. The minimum Gasteiger partial charge on any atom is -0.369 e. The summed E-state index contributed by atoms with van der Waals surface area (Å²) in [4.78, 5) is 31.9. The van der Waals surface area contributed by atoms with E-state index >= 15 is 0 Å². The molecule has 26 heavy (non-hydrogen) atoms. The Hall–Kier alpha value is -4.15. The Morgan fingerprint density at radius 3 is 2.92 bits per heavy atom. The van der Waals surface area contributed by atoms with E-state index in [0.717, 1.165) is 0 Å². The van der Waals surface area contributed by atoms with Crippen LogP contribution in [0, 0.1) is 15.5 Å². The number of fused-ring (bicyclic) bond motifs is 4. The number of guanidine groups is 1. The Morgan fingerprint density at radius 1 is 1.38 bits per heavy atom. The third kappa shape index (κ3) is 2.18. The van der Waals surface area contributed by atoms with Crippen LogP contribution in [0.5, 0.6) is 0 Å². The van der Waals surface area contributed by atoms with Gasteiger partial charge in [-0.25, -0.2) is 15.4 Å². The largest absolute Gasteiger partial charge is 0.369 e. The van der Waals surface area contributed by atoms with Gasteiger partial charge in [0.15, 0.2) is 11.5 Å². The van der Waals surface area contributed by atoms with E-state index in [1.807, 2.05) is 0 Å².